The van der Waals surface area contributed by atoms with Crippen LogP contribution in [0.25, 0.3) is 0 Å². The molecule has 0 saturated carbocycles. The highest BCUT2D eigenvalue weighted by atomic mass is 35.5. The van der Waals surface area contributed by atoms with Crippen LogP contribution in [0, 0.1) is 0 Å². The molecule has 0 aromatic carbocycles. The first-order valence-electron chi connectivity index (χ1n) is 6.02. The van der Waals surface area contributed by atoms with Crippen LogP contribution in [0.5, 0.6) is 0 Å². The summed E-state index contributed by atoms with van der Waals surface area (Å²) in [5, 5.41) is 13.5. The van der Waals surface area contributed by atoms with Crippen molar-refractivity contribution in [3.63, 3.8) is 0 Å². The molecule has 0 spiro atoms. The zero-order valence-electron chi connectivity index (χ0n) is 11.0. The molecule has 2 heterocycles. The predicted molar refractivity (Wildman–Crippen MR) is 78.2 cm³/mol. The minimum Gasteiger partial charge on any atom is -0.333 e. The van der Waals surface area contributed by atoms with Crippen molar-refractivity contribution in [3.8, 4) is 0 Å². The second kappa shape index (κ2) is 5.82. The Morgan fingerprint density at radius 1 is 1.40 bits per heavy atom. The quantitative estimate of drug-likeness (QED) is 0.806. The van der Waals surface area contributed by atoms with Crippen molar-refractivity contribution in [3.05, 3.63) is 5.01 Å². The number of hydrogen-bond donors (Lipinski definition) is 2. The Kier molecular flexibility index (Phi) is 4.50. The van der Waals surface area contributed by atoms with Gasteiger partial charge in [-0.1, -0.05) is 25.2 Å². The second-order valence-corrected chi connectivity index (χ2v) is 8.62. The molecule has 7 nitrogen and oxygen atoms in total. The molecule has 2 N–H and O–H groups in total. The maximum absolute atomic E-state index is 11.8. The Hall–Kier alpha value is -0.930. The van der Waals surface area contributed by atoms with Gasteiger partial charge in [-0.25, -0.2) is 13.2 Å². The number of anilines is 1. The monoisotopic (exact) mass is 338 g/mol. The fourth-order valence-corrected chi connectivity index (χ4v) is 5.05. The molecule has 0 bridgehead atoms. The first-order chi connectivity index (χ1) is 9.27. The number of carbonyl (C=O) groups is 1. The standard InChI is InChI=1S/C10H15ClN4O3S2/c1-5(2)8-14-15-10(19-8)13-9(16)12-7-4-20(17,18)3-6(7)11/h5-7H,3-4H2,1-2H3,(H2,12,13,15,16)/t6-,7-/m0/s1. The van der Waals surface area contributed by atoms with Crippen molar-refractivity contribution in [2.24, 2.45) is 0 Å². The van der Waals surface area contributed by atoms with Gasteiger partial charge < -0.3 is 5.32 Å². The first kappa shape index (κ1) is 15.5. The molecule has 1 aromatic rings. The van der Waals surface area contributed by atoms with Gasteiger partial charge in [0.25, 0.3) is 0 Å². The number of halogens is 1. The minimum absolute atomic E-state index is 0.115. The van der Waals surface area contributed by atoms with Crippen LogP contribution in [0.3, 0.4) is 0 Å². The molecule has 112 valence electrons. The van der Waals surface area contributed by atoms with Crippen LogP contribution >= 0.6 is 22.9 Å². The molecule has 0 unspecified atom stereocenters. The van der Waals surface area contributed by atoms with Crippen molar-refractivity contribution < 1.29 is 13.2 Å². The van der Waals surface area contributed by atoms with Gasteiger partial charge in [-0.05, 0) is 0 Å². The van der Waals surface area contributed by atoms with E-state index in [1.54, 1.807) is 0 Å². The Morgan fingerprint density at radius 3 is 2.60 bits per heavy atom. The summed E-state index contributed by atoms with van der Waals surface area (Å²) in [6.45, 7) is 3.96. The lowest BCUT2D eigenvalue weighted by atomic mass is 10.2. The molecule has 1 aromatic heterocycles. The van der Waals surface area contributed by atoms with E-state index in [1.807, 2.05) is 13.8 Å². The second-order valence-electron chi connectivity index (χ2n) is 4.90. The molecule has 0 aliphatic carbocycles. The van der Waals surface area contributed by atoms with Gasteiger partial charge in [0.2, 0.25) is 5.13 Å². The number of urea groups is 1. The SMILES string of the molecule is CC(C)c1nnc(NC(=O)N[C@H]2CS(=O)(=O)C[C@@H]2Cl)s1. The zero-order chi connectivity index (χ0) is 14.9. The summed E-state index contributed by atoms with van der Waals surface area (Å²) in [4.78, 5) is 11.8. The van der Waals surface area contributed by atoms with E-state index in [4.69, 9.17) is 11.6 Å². The molecule has 1 aliphatic rings. The number of alkyl halides is 1. The van der Waals surface area contributed by atoms with Gasteiger partial charge in [0.1, 0.15) is 5.01 Å². The third kappa shape index (κ3) is 3.80. The largest absolute Gasteiger partial charge is 0.333 e. The maximum atomic E-state index is 11.8. The summed E-state index contributed by atoms with van der Waals surface area (Å²) < 4.78 is 22.8. The van der Waals surface area contributed by atoms with E-state index in [0.29, 0.717) is 5.13 Å². The number of carbonyl (C=O) groups excluding carboxylic acids is 1. The number of aromatic nitrogens is 2. The van der Waals surface area contributed by atoms with E-state index in [-0.39, 0.29) is 17.4 Å². The fraction of sp³-hybridized carbons (Fsp3) is 0.700. The highest BCUT2D eigenvalue weighted by molar-refractivity contribution is 7.91. The number of sulfone groups is 1. The maximum Gasteiger partial charge on any atom is 0.321 e. The molecule has 2 rings (SSSR count). The van der Waals surface area contributed by atoms with Crippen LogP contribution in [0.2, 0.25) is 0 Å². The first-order valence-corrected chi connectivity index (χ1v) is 9.09. The van der Waals surface area contributed by atoms with E-state index in [0.717, 1.165) is 5.01 Å². The molecule has 1 fully saturated rings. The van der Waals surface area contributed by atoms with Crippen molar-refractivity contribution in [2.75, 3.05) is 16.8 Å². The lowest BCUT2D eigenvalue weighted by molar-refractivity contribution is 0.249. The van der Waals surface area contributed by atoms with Crippen LogP contribution in [0.4, 0.5) is 9.93 Å². The molecule has 10 heteroatoms. The van der Waals surface area contributed by atoms with Crippen LogP contribution in [-0.4, -0.2) is 47.6 Å². The van der Waals surface area contributed by atoms with Crippen LogP contribution in [0.1, 0.15) is 24.8 Å². The molecule has 1 aliphatic heterocycles. The molecular formula is C10H15ClN4O3S2. The number of hydrogen-bond acceptors (Lipinski definition) is 6. The van der Waals surface area contributed by atoms with E-state index in [1.165, 1.54) is 11.3 Å². The summed E-state index contributed by atoms with van der Waals surface area (Å²) in [6.07, 6.45) is 0. The summed E-state index contributed by atoms with van der Waals surface area (Å²) in [5.74, 6) is -0.0177. The van der Waals surface area contributed by atoms with E-state index in [9.17, 15) is 13.2 Å². The van der Waals surface area contributed by atoms with Crippen LogP contribution in [-0.2, 0) is 9.84 Å². The van der Waals surface area contributed by atoms with E-state index >= 15 is 0 Å². The topological polar surface area (TPSA) is 101 Å². The summed E-state index contributed by atoms with van der Waals surface area (Å²) in [6, 6.07) is -1.11. The van der Waals surface area contributed by atoms with Crippen molar-refractivity contribution in [1.29, 1.82) is 0 Å². The predicted octanol–water partition coefficient (Wildman–Crippen LogP) is 1.19. The summed E-state index contributed by atoms with van der Waals surface area (Å²) >= 11 is 7.19. The Labute approximate surface area is 126 Å². The Balaban J connectivity index is 1.92. The number of rotatable bonds is 3. The van der Waals surface area contributed by atoms with Gasteiger partial charge in [0.05, 0.1) is 22.9 Å². The number of amides is 2. The van der Waals surface area contributed by atoms with Crippen molar-refractivity contribution in [1.82, 2.24) is 15.5 Å². The van der Waals surface area contributed by atoms with Gasteiger partial charge in [-0.3, -0.25) is 5.32 Å². The van der Waals surface area contributed by atoms with Crippen LogP contribution < -0.4 is 10.6 Å². The van der Waals surface area contributed by atoms with E-state index < -0.39 is 27.3 Å². The summed E-state index contributed by atoms with van der Waals surface area (Å²) in [7, 11) is -3.17. The van der Waals surface area contributed by atoms with Gasteiger partial charge >= 0.3 is 6.03 Å². The highest BCUT2D eigenvalue weighted by Gasteiger charge is 2.37. The molecule has 20 heavy (non-hydrogen) atoms. The highest BCUT2D eigenvalue weighted by Crippen LogP contribution is 2.22. The van der Waals surface area contributed by atoms with Gasteiger partial charge in [-0.2, -0.15) is 0 Å². The average molecular weight is 339 g/mol. The smallest absolute Gasteiger partial charge is 0.321 e. The molecule has 2 amide bonds. The minimum atomic E-state index is -3.17. The third-order valence-electron chi connectivity index (χ3n) is 2.75. The third-order valence-corrected chi connectivity index (χ3v) is 6.27. The Bertz CT molecular complexity index is 601. The van der Waals surface area contributed by atoms with Gasteiger partial charge in [-0.15, -0.1) is 21.8 Å². The average Bonchev–Trinajstić information content (AvgIpc) is 2.84. The zero-order valence-corrected chi connectivity index (χ0v) is 13.3. The van der Waals surface area contributed by atoms with Gasteiger partial charge in [0.15, 0.2) is 9.84 Å². The molecule has 0 radical (unpaired) electrons. The van der Waals surface area contributed by atoms with Crippen LogP contribution in [0.15, 0.2) is 0 Å². The molecule has 2 atom stereocenters. The van der Waals surface area contributed by atoms with Gasteiger partial charge in [0, 0.05) is 5.92 Å². The van der Waals surface area contributed by atoms with Crippen molar-refractivity contribution in [2.45, 2.75) is 31.2 Å². The Morgan fingerprint density at radius 2 is 2.10 bits per heavy atom. The normalized spacial score (nSPS) is 24.8. The lowest BCUT2D eigenvalue weighted by Crippen LogP contribution is -2.42. The van der Waals surface area contributed by atoms with Crippen molar-refractivity contribution >= 4 is 43.9 Å². The molecule has 1 saturated heterocycles. The fourth-order valence-electron chi connectivity index (χ4n) is 1.76. The lowest BCUT2D eigenvalue weighted by Gasteiger charge is -2.13. The molecular weight excluding hydrogens is 324 g/mol. The number of nitrogens with zero attached hydrogens (tertiary/aromatic N) is 2. The van der Waals surface area contributed by atoms with E-state index in [2.05, 4.69) is 20.8 Å². The number of nitrogens with one attached hydrogen (secondary N) is 2. The summed E-state index contributed by atoms with van der Waals surface area (Å²) in [5.41, 5.74) is 0.